The van der Waals surface area contributed by atoms with Crippen LogP contribution >= 0.6 is 0 Å². The van der Waals surface area contributed by atoms with E-state index < -0.39 is 11.2 Å². The molecule has 27 heavy (non-hydrogen) atoms. The van der Waals surface area contributed by atoms with Crippen molar-refractivity contribution in [2.75, 3.05) is 7.11 Å². The molecule has 0 spiro atoms. The Morgan fingerprint density at radius 1 is 1.37 bits per heavy atom. The number of H-pyrrole nitrogens is 2. The number of rotatable bonds is 6. The molecule has 9 heteroatoms. The van der Waals surface area contributed by atoms with Crippen molar-refractivity contribution in [2.45, 2.75) is 38.3 Å². The number of carbonyl (C=O) groups is 1. The Kier molecular flexibility index (Phi) is 5.41. The van der Waals surface area contributed by atoms with Crippen LogP contribution in [0.2, 0.25) is 0 Å². The zero-order valence-corrected chi connectivity index (χ0v) is 15.1. The molecule has 0 saturated heterocycles. The zero-order chi connectivity index (χ0) is 19.6. The van der Waals surface area contributed by atoms with E-state index in [2.05, 4.69) is 20.3 Å². The van der Waals surface area contributed by atoms with Crippen molar-refractivity contribution in [1.82, 2.24) is 20.3 Å². The van der Waals surface area contributed by atoms with Crippen molar-refractivity contribution in [3.63, 3.8) is 0 Å². The summed E-state index contributed by atoms with van der Waals surface area (Å²) in [5.41, 5.74) is 0.196. The van der Waals surface area contributed by atoms with Crippen molar-refractivity contribution < 1.29 is 14.6 Å². The number of nitrogens with one attached hydrogen (secondary N) is 3. The summed E-state index contributed by atoms with van der Waals surface area (Å²) in [5.74, 6) is 0.194. The highest BCUT2D eigenvalue weighted by Gasteiger charge is 2.36. The van der Waals surface area contributed by atoms with Crippen molar-refractivity contribution >= 4 is 5.91 Å². The first kappa shape index (κ1) is 18.8. The molecule has 1 aliphatic carbocycles. The summed E-state index contributed by atoms with van der Waals surface area (Å²) in [5, 5.41) is 12.6. The molecule has 1 atom stereocenters. The lowest BCUT2D eigenvalue weighted by Crippen LogP contribution is -2.42. The number of aromatic amines is 2. The van der Waals surface area contributed by atoms with Gasteiger partial charge >= 0.3 is 5.69 Å². The highest BCUT2D eigenvalue weighted by Crippen LogP contribution is 2.38. The second-order valence-corrected chi connectivity index (χ2v) is 6.75. The smallest absolute Gasteiger partial charge is 0.325 e. The number of aliphatic hydroxyl groups is 1. The summed E-state index contributed by atoms with van der Waals surface area (Å²) >= 11 is 0. The van der Waals surface area contributed by atoms with Crippen molar-refractivity contribution in [3.05, 3.63) is 56.0 Å². The molecule has 0 radical (unpaired) electrons. The minimum atomic E-state index is -0.604. The fourth-order valence-electron chi connectivity index (χ4n) is 3.30. The first-order chi connectivity index (χ1) is 12.9. The molecule has 2 heterocycles. The van der Waals surface area contributed by atoms with Crippen molar-refractivity contribution in [2.24, 2.45) is 5.92 Å². The van der Waals surface area contributed by atoms with Gasteiger partial charge in [-0.25, -0.2) is 9.78 Å². The molecule has 0 bridgehead atoms. The minimum absolute atomic E-state index is 0.0779. The molecule has 2 aromatic heterocycles. The van der Waals surface area contributed by atoms with Crippen LogP contribution in [0.4, 0.5) is 0 Å². The van der Waals surface area contributed by atoms with Crippen LogP contribution in [0.5, 0.6) is 5.88 Å². The normalized spacial score (nSPS) is 19.8. The van der Waals surface area contributed by atoms with Crippen molar-refractivity contribution in [1.29, 1.82) is 0 Å². The number of nitrogens with zero attached hydrogens (tertiary/aromatic N) is 1. The third-order valence-electron chi connectivity index (χ3n) is 4.86. The molecule has 9 nitrogen and oxygen atoms in total. The summed E-state index contributed by atoms with van der Waals surface area (Å²) in [4.78, 5) is 44.6. The van der Waals surface area contributed by atoms with E-state index >= 15 is 0 Å². The van der Waals surface area contributed by atoms with E-state index in [9.17, 15) is 19.5 Å². The molecule has 2 aromatic rings. The van der Waals surface area contributed by atoms with Crippen LogP contribution in [0.3, 0.4) is 0 Å². The Bertz CT molecular complexity index is 928. The molecule has 4 N–H and O–H groups in total. The molecule has 144 valence electrons. The van der Waals surface area contributed by atoms with Gasteiger partial charge in [-0.3, -0.25) is 14.6 Å². The van der Waals surface area contributed by atoms with Gasteiger partial charge in [0.15, 0.2) is 0 Å². The molecule has 1 amide bonds. The van der Waals surface area contributed by atoms with Crippen LogP contribution in [-0.2, 0) is 11.2 Å². The Hall–Kier alpha value is -2.94. The molecule has 1 aliphatic rings. The van der Waals surface area contributed by atoms with Crippen LogP contribution in [-0.4, -0.2) is 39.2 Å². The van der Waals surface area contributed by atoms with E-state index in [-0.39, 0.29) is 36.0 Å². The number of carbonyl (C=O) groups excluding carboxylic acids is 1. The monoisotopic (exact) mass is 374 g/mol. The Morgan fingerprint density at radius 3 is 2.67 bits per heavy atom. The maximum absolute atomic E-state index is 12.6. The maximum Gasteiger partial charge on any atom is 0.325 e. The molecule has 0 aliphatic heterocycles. The summed E-state index contributed by atoms with van der Waals surface area (Å²) in [6.45, 7) is 1.58. The number of pyridine rings is 1. The molecular formula is C18H22N4O5. The summed E-state index contributed by atoms with van der Waals surface area (Å²) in [7, 11) is 1.52. The van der Waals surface area contributed by atoms with Gasteiger partial charge < -0.3 is 20.1 Å². The van der Waals surface area contributed by atoms with E-state index in [1.54, 1.807) is 19.2 Å². The lowest BCUT2D eigenvalue weighted by atomic mass is 9.75. The van der Waals surface area contributed by atoms with Gasteiger partial charge in [0.05, 0.1) is 25.7 Å². The lowest BCUT2D eigenvalue weighted by Gasteiger charge is -2.38. The van der Waals surface area contributed by atoms with Crippen LogP contribution in [0.15, 0.2) is 27.9 Å². The van der Waals surface area contributed by atoms with Crippen LogP contribution in [0, 0.1) is 12.8 Å². The Morgan fingerprint density at radius 2 is 2.11 bits per heavy atom. The second kappa shape index (κ2) is 7.75. The number of aryl methyl sites for hydroxylation is 1. The predicted octanol–water partition coefficient (Wildman–Crippen LogP) is -0.0539. The highest BCUT2D eigenvalue weighted by molar-refractivity contribution is 5.79. The van der Waals surface area contributed by atoms with Gasteiger partial charge in [0, 0.05) is 23.5 Å². The van der Waals surface area contributed by atoms with E-state index in [4.69, 9.17) is 4.74 Å². The SMILES string of the molecule is COc1ccc([C@@H](NC(=O)Cc2c(C)[nH]c(=O)[nH]c2=O)C2CC(O)C2)cn1. The number of hydrogen-bond acceptors (Lipinski definition) is 6. The van der Waals surface area contributed by atoms with Crippen LogP contribution < -0.4 is 21.3 Å². The Balaban J connectivity index is 1.78. The topological polar surface area (TPSA) is 137 Å². The first-order valence-corrected chi connectivity index (χ1v) is 8.66. The average molecular weight is 374 g/mol. The number of aliphatic hydroxyl groups excluding tert-OH is 1. The quantitative estimate of drug-likeness (QED) is 0.559. The van der Waals surface area contributed by atoms with Gasteiger partial charge in [-0.2, -0.15) is 0 Å². The van der Waals surface area contributed by atoms with Crippen LogP contribution in [0.25, 0.3) is 0 Å². The maximum atomic E-state index is 12.6. The number of hydrogen-bond donors (Lipinski definition) is 4. The van der Waals surface area contributed by atoms with Gasteiger partial charge in [0.2, 0.25) is 11.8 Å². The fourth-order valence-corrected chi connectivity index (χ4v) is 3.30. The molecule has 0 aromatic carbocycles. The molecule has 3 rings (SSSR count). The Labute approximate surface area is 154 Å². The predicted molar refractivity (Wildman–Crippen MR) is 96.5 cm³/mol. The van der Waals surface area contributed by atoms with E-state index in [1.165, 1.54) is 7.11 Å². The number of ether oxygens (including phenoxy) is 1. The van der Waals surface area contributed by atoms with E-state index in [0.29, 0.717) is 24.4 Å². The van der Waals surface area contributed by atoms with Gasteiger partial charge in [-0.1, -0.05) is 6.07 Å². The zero-order valence-electron chi connectivity index (χ0n) is 15.1. The summed E-state index contributed by atoms with van der Waals surface area (Å²) in [6, 6.07) is 3.20. The van der Waals surface area contributed by atoms with Crippen LogP contribution in [0.1, 0.15) is 35.7 Å². The largest absolute Gasteiger partial charge is 0.481 e. The van der Waals surface area contributed by atoms with E-state index in [0.717, 1.165) is 5.56 Å². The molecular weight excluding hydrogens is 352 g/mol. The number of aromatic nitrogens is 3. The fraction of sp³-hybridized carbons (Fsp3) is 0.444. The van der Waals surface area contributed by atoms with Gasteiger partial charge in [-0.15, -0.1) is 0 Å². The third kappa shape index (κ3) is 4.25. The van der Waals surface area contributed by atoms with E-state index in [1.807, 2.05) is 6.07 Å². The molecule has 0 unspecified atom stereocenters. The minimum Gasteiger partial charge on any atom is -0.481 e. The van der Waals surface area contributed by atoms with Gasteiger partial charge in [0.1, 0.15) is 0 Å². The average Bonchev–Trinajstić information content (AvgIpc) is 2.60. The summed E-state index contributed by atoms with van der Waals surface area (Å²) < 4.78 is 5.06. The lowest BCUT2D eigenvalue weighted by molar-refractivity contribution is -0.122. The van der Waals surface area contributed by atoms with Gasteiger partial charge in [0.25, 0.3) is 5.56 Å². The molecule has 1 saturated carbocycles. The second-order valence-electron chi connectivity index (χ2n) is 6.75. The standard InChI is InChI=1S/C18H22N4O5/c1-9-13(17(25)22-18(26)20-9)7-14(24)21-16(11-5-12(23)6-11)10-3-4-15(27-2)19-8-10/h3-4,8,11-12,16,23H,5-7H2,1-2H3,(H,21,24)(H2,20,22,25,26)/t11?,12?,16-/m1/s1. The first-order valence-electron chi connectivity index (χ1n) is 8.66. The number of amides is 1. The third-order valence-corrected chi connectivity index (χ3v) is 4.86. The van der Waals surface area contributed by atoms with Crippen molar-refractivity contribution in [3.8, 4) is 5.88 Å². The number of methoxy groups -OCH3 is 1. The highest BCUT2D eigenvalue weighted by atomic mass is 16.5. The summed E-state index contributed by atoms with van der Waals surface area (Å²) in [6.07, 6.45) is 2.26. The van der Waals surface area contributed by atoms with Gasteiger partial charge in [-0.05, 0) is 31.2 Å². The molecule has 1 fully saturated rings.